The molecule has 9 nitrogen and oxygen atoms in total. The smallest absolute Gasteiger partial charge is 0.340 e. The lowest BCUT2D eigenvalue weighted by atomic mass is 10.1. The van der Waals surface area contributed by atoms with Crippen LogP contribution >= 0.6 is 0 Å². The average molecular weight is 444 g/mol. The highest BCUT2D eigenvalue weighted by atomic mass is 16.5. The second-order valence-corrected chi connectivity index (χ2v) is 8.13. The highest BCUT2D eigenvalue weighted by Gasteiger charge is 2.31. The fraction of sp³-hybridized carbons (Fsp3) is 0.292. The van der Waals surface area contributed by atoms with Crippen molar-refractivity contribution in [3.8, 4) is 6.07 Å². The Morgan fingerprint density at radius 2 is 1.79 bits per heavy atom. The zero-order valence-electron chi connectivity index (χ0n) is 19.2. The van der Waals surface area contributed by atoms with Gasteiger partial charge in [-0.3, -0.25) is 4.79 Å². The van der Waals surface area contributed by atoms with Gasteiger partial charge in [-0.2, -0.15) is 10.4 Å². The van der Waals surface area contributed by atoms with Gasteiger partial charge in [0.1, 0.15) is 17.5 Å². The van der Waals surface area contributed by atoms with E-state index in [1.807, 2.05) is 44.2 Å². The molecule has 1 aliphatic rings. The second kappa shape index (κ2) is 8.39. The Hall–Kier alpha value is -4.19. The van der Waals surface area contributed by atoms with Crippen LogP contribution in [-0.2, 0) is 9.53 Å². The van der Waals surface area contributed by atoms with Crippen molar-refractivity contribution in [3.05, 3.63) is 59.2 Å². The third-order valence-corrected chi connectivity index (χ3v) is 5.66. The summed E-state index contributed by atoms with van der Waals surface area (Å²) in [4.78, 5) is 33.7. The molecule has 33 heavy (non-hydrogen) atoms. The molecule has 9 heteroatoms. The molecule has 4 rings (SSSR count). The van der Waals surface area contributed by atoms with Crippen LogP contribution in [0.4, 0.5) is 11.4 Å². The van der Waals surface area contributed by atoms with Crippen LogP contribution in [-0.4, -0.2) is 47.2 Å². The number of carbonyl (C=O) groups excluding carboxylic acids is 2. The monoisotopic (exact) mass is 444 g/mol. The largest absolute Gasteiger partial charge is 0.454 e. The number of nitriles is 1. The van der Waals surface area contributed by atoms with Crippen molar-refractivity contribution in [2.24, 2.45) is 0 Å². The first kappa shape index (κ1) is 22.0. The second-order valence-electron chi connectivity index (χ2n) is 8.13. The molecule has 0 saturated heterocycles. The number of esters is 1. The molecule has 168 valence electrons. The minimum Gasteiger partial charge on any atom is -0.454 e. The molecule has 0 amide bonds. The van der Waals surface area contributed by atoms with E-state index in [0.29, 0.717) is 22.5 Å². The summed E-state index contributed by atoms with van der Waals surface area (Å²) in [6.07, 6.45) is 1.64. The van der Waals surface area contributed by atoms with Gasteiger partial charge in [-0.15, -0.1) is 0 Å². The molecular weight excluding hydrogens is 420 g/mol. The van der Waals surface area contributed by atoms with Gasteiger partial charge >= 0.3 is 5.97 Å². The van der Waals surface area contributed by atoms with E-state index in [0.717, 1.165) is 11.4 Å². The summed E-state index contributed by atoms with van der Waals surface area (Å²) in [5.74, 6) is -0.807. The van der Waals surface area contributed by atoms with Crippen molar-refractivity contribution in [1.82, 2.24) is 14.8 Å². The molecule has 1 aliphatic heterocycles. The number of ketones is 1. The summed E-state index contributed by atoms with van der Waals surface area (Å²) in [6, 6.07) is 11.4. The summed E-state index contributed by atoms with van der Waals surface area (Å²) in [7, 11) is 3.58. The predicted octanol–water partition coefficient (Wildman–Crippen LogP) is 3.37. The van der Waals surface area contributed by atoms with E-state index < -0.39 is 18.4 Å². The third-order valence-electron chi connectivity index (χ3n) is 5.66. The number of anilines is 2. The van der Waals surface area contributed by atoms with Crippen molar-refractivity contribution < 1.29 is 14.3 Å². The highest BCUT2D eigenvalue weighted by Crippen LogP contribution is 2.40. The maximum Gasteiger partial charge on any atom is 0.340 e. The molecule has 0 N–H and O–H groups in total. The SMILES string of the molecule is Cc1nc2c(cnn2C(C)C)cc1C(=O)OCC(=O)C(C#N)=C1N(C)c2ccccc2N1C. The Labute approximate surface area is 191 Å². The Morgan fingerprint density at radius 3 is 2.36 bits per heavy atom. The van der Waals surface area contributed by atoms with Crippen molar-refractivity contribution in [1.29, 1.82) is 5.26 Å². The van der Waals surface area contributed by atoms with Crippen LogP contribution in [0.3, 0.4) is 0 Å². The number of fused-ring (bicyclic) bond motifs is 2. The van der Waals surface area contributed by atoms with Crippen LogP contribution in [0, 0.1) is 18.3 Å². The van der Waals surface area contributed by atoms with E-state index >= 15 is 0 Å². The molecule has 0 bridgehead atoms. The van der Waals surface area contributed by atoms with Gasteiger partial charge in [0.05, 0.1) is 28.8 Å². The van der Waals surface area contributed by atoms with E-state index in [-0.39, 0.29) is 17.2 Å². The standard InChI is InChI=1S/C24H24N6O3/c1-14(2)30-22-16(12-26-30)10-17(15(3)27-22)24(32)33-13-21(31)18(11-25)23-28(4)19-8-6-7-9-20(19)29(23)5/h6-10,12,14H,13H2,1-5H3. The normalized spacial score (nSPS) is 12.8. The molecule has 1 aromatic carbocycles. The Balaban J connectivity index is 1.55. The first-order valence-corrected chi connectivity index (χ1v) is 10.5. The Morgan fingerprint density at radius 1 is 1.15 bits per heavy atom. The molecule has 0 atom stereocenters. The van der Waals surface area contributed by atoms with Gasteiger partial charge in [-0.1, -0.05) is 12.1 Å². The van der Waals surface area contributed by atoms with Crippen LogP contribution in [0.25, 0.3) is 11.0 Å². The van der Waals surface area contributed by atoms with E-state index in [4.69, 9.17) is 4.74 Å². The first-order chi connectivity index (χ1) is 15.7. The summed E-state index contributed by atoms with van der Waals surface area (Å²) in [6.45, 7) is 5.15. The number of nitrogens with zero attached hydrogens (tertiary/aromatic N) is 6. The average Bonchev–Trinajstić information content (AvgIpc) is 3.32. The zero-order chi connectivity index (χ0) is 23.9. The lowest BCUT2D eigenvalue weighted by Crippen LogP contribution is -2.28. The topological polar surface area (TPSA) is 104 Å². The van der Waals surface area contributed by atoms with Gasteiger partial charge in [0.25, 0.3) is 0 Å². The molecule has 0 radical (unpaired) electrons. The fourth-order valence-electron chi connectivity index (χ4n) is 3.99. The number of ether oxygens (including phenoxy) is 1. The van der Waals surface area contributed by atoms with Crippen molar-refractivity contribution in [2.75, 3.05) is 30.5 Å². The minimum atomic E-state index is -0.675. The quantitative estimate of drug-likeness (QED) is 0.335. The van der Waals surface area contributed by atoms with Crippen molar-refractivity contribution >= 4 is 34.2 Å². The molecule has 3 aromatic rings. The summed E-state index contributed by atoms with van der Waals surface area (Å²) in [5.41, 5.74) is 3.10. The van der Waals surface area contributed by atoms with Gasteiger partial charge in [0.2, 0.25) is 5.78 Å². The van der Waals surface area contributed by atoms with Gasteiger partial charge in [0, 0.05) is 25.5 Å². The Bertz CT molecular complexity index is 1320. The number of benzene rings is 1. The van der Waals surface area contributed by atoms with Crippen molar-refractivity contribution in [2.45, 2.75) is 26.8 Å². The van der Waals surface area contributed by atoms with Gasteiger partial charge in [0.15, 0.2) is 12.3 Å². The van der Waals surface area contributed by atoms with Crippen LogP contribution < -0.4 is 9.80 Å². The van der Waals surface area contributed by atoms with E-state index in [1.54, 1.807) is 47.8 Å². The van der Waals surface area contributed by atoms with Gasteiger partial charge in [-0.05, 0) is 39.0 Å². The number of carbonyl (C=O) groups is 2. The lowest BCUT2D eigenvalue weighted by Gasteiger charge is -2.19. The number of hydrogen-bond donors (Lipinski definition) is 0. The van der Waals surface area contributed by atoms with Crippen LogP contribution in [0.15, 0.2) is 47.9 Å². The molecule has 3 heterocycles. The number of aromatic nitrogens is 3. The van der Waals surface area contributed by atoms with E-state index in [1.165, 1.54) is 0 Å². The maximum absolute atomic E-state index is 12.9. The van der Waals surface area contributed by atoms with E-state index in [9.17, 15) is 14.9 Å². The fourth-order valence-corrected chi connectivity index (χ4v) is 3.99. The Kier molecular flexibility index (Phi) is 5.60. The number of pyridine rings is 1. The minimum absolute atomic E-state index is 0.0764. The third kappa shape index (κ3) is 3.69. The van der Waals surface area contributed by atoms with Crippen LogP contribution in [0.1, 0.15) is 35.9 Å². The molecule has 0 spiro atoms. The predicted molar refractivity (Wildman–Crippen MR) is 124 cm³/mol. The lowest BCUT2D eigenvalue weighted by molar-refractivity contribution is -0.118. The molecule has 2 aromatic heterocycles. The van der Waals surface area contributed by atoms with Crippen molar-refractivity contribution in [3.63, 3.8) is 0 Å². The number of hydrogen-bond acceptors (Lipinski definition) is 8. The summed E-state index contributed by atoms with van der Waals surface area (Å²) >= 11 is 0. The van der Waals surface area contributed by atoms with Gasteiger partial charge in [-0.25, -0.2) is 14.5 Å². The number of rotatable bonds is 5. The molecule has 0 fully saturated rings. The van der Waals surface area contributed by atoms with Crippen LogP contribution in [0.2, 0.25) is 0 Å². The van der Waals surface area contributed by atoms with Crippen LogP contribution in [0.5, 0.6) is 0 Å². The maximum atomic E-state index is 12.9. The van der Waals surface area contributed by atoms with Gasteiger partial charge < -0.3 is 14.5 Å². The summed E-state index contributed by atoms with van der Waals surface area (Å²) in [5, 5.41) is 14.7. The highest BCUT2D eigenvalue weighted by molar-refractivity contribution is 6.04. The molecule has 0 unspecified atom stereocenters. The number of Topliss-reactive ketones (excluding diaryl/α,β-unsaturated/α-hetero) is 1. The zero-order valence-corrected chi connectivity index (χ0v) is 19.2. The molecule has 0 aliphatic carbocycles. The molecule has 0 saturated carbocycles. The first-order valence-electron chi connectivity index (χ1n) is 10.5. The number of aryl methyl sites for hydroxylation is 1. The summed E-state index contributed by atoms with van der Waals surface area (Å²) < 4.78 is 7.06. The number of para-hydroxylation sites is 2. The molecular formula is C24H24N6O3. The van der Waals surface area contributed by atoms with E-state index in [2.05, 4.69) is 10.1 Å².